The van der Waals surface area contributed by atoms with E-state index in [0.29, 0.717) is 21.6 Å². The van der Waals surface area contributed by atoms with E-state index in [1.807, 2.05) is 42.1 Å². The zero-order valence-corrected chi connectivity index (χ0v) is 15.4. The minimum atomic E-state index is -1.07. The number of nitrogens with zero attached hydrogens (tertiary/aromatic N) is 2. The van der Waals surface area contributed by atoms with Crippen LogP contribution in [0, 0.1) is 0 Å². The number of carboxylic acid groups (broad SMARTS) is 1. The maximum Gasteiger partial charge on any atom is 0.357 e. The van der Waals surface area contributed by atoms with Gasteiger partial charge in [-0.05, 0) is 35.9 Å². The number of benzene rings is 1. The van der Waals surface area contributed by atoms with Gasteiger partial charge in [-0.1, -0.05) is 23.7 Å². The molecule has 0 spiro atoms. The molecule has 0 aliphatic carbocycles. The fourth-order valence-electron chi connectivity index (χ4n) is 2.81. The van der Waals surface area contributed by atoms with E-state index in [1.165, 1.54) is 11.3 Å². The first kappa shape index (κ1) is 16.6. The molecule has 3 heterocycles. The fourth-order valence-corrected chi connectivity index (χ4v) is 5.29. The van der Waals surface area contributed by atoms with Crippen LogP contribution in [0.2, 0.25) is 5.02 Å². The highest BCUT2D eigenvalue weighted by molar-refractivity contribution is 7.99. The number of thioether (sulfide) groups is 1. The summed E-state index contributed by atoms with van der Waals surface area (Å²) in [4.78, 5) is 12.5. The minimum Gasteiger partial charge on any atom is -0.476 e. The van der Waals surface area contributed by atoms with Gasteiger partial charge in [0.1, 0.15) is 0 Å². The molecule has 1 aromatic carbocycles. The standard InChI is InChI=1S/C17H14ClN3O2S2/c18-10-3-1-2-9(6-10)13-7-12-15(25-13)14(17(22)23)20-21-16(12)19-11-4-5-24-8-11/h1-3,6-7,11H,4-5,8H2,(H,19,21)(H,22,23). The van der Waals surface area contributed by atoms with E-state index < -0.39 is 5.97 Å². The molecular formula is C17H14ClN3O2S2. The second-order valence-electron chi connectivity index (χ2n) is 5.77. The molecule has 0 radical (unpaired) electrons. The summed E-state index contributed by atoms with van der Waals surface area (Å²) in [5.41, 5.74) is 0.937. The molecule has 128 valence electrons. The molecule has 1 saturated heterocycles. The first-order chi connectivity index (χ1) is 12.1. The van der Waals surface area contributed by atoms with Crippen LogP contribution in [0.5, 0.6) is 0 Å². The van der Waals surface area contributed by atoms with Gasteiger partial charge >= 0.3 is 5.97 Å². The SMILES string of the molecule is O=C(O)c1nnc(NC2CCSC2)c2cc(-c3cccc(Cl)c3)sc12. The van der Waals surface area contributed by atoms with E-state index in [1.54, 1.807) is 0 Å². The van der Waals surface area contributed by atoms with Crippen molar-refractivity contribution in [2.24, 2.45) is 0 Å². The second kappa shape index (κ2) is 6.82. The van der Waals surface area contributed by atoms with Crippen molar-refractivity contribution in [2.75, 3.05) is 16.8 Å². The molecule has 2 N–H and O–H groups in total. The van der Waals surface area contributed by atoms with Crippen molar-refractivity contribution in [2.45, 2.75) is 12.5 Å². The van der Waals surface area contributed by atoms with Crippen LogP contribution < -0.4 is 5.32 Å². The van der Waals surface area contributed by atoms with Gasteiger partial charge in [0, 0.05) is 27.1 Å². The molecule has 25 heavy (non-hydrogen) atoms. The molecule has 1 aliphatic heterocycles. The van der Waals surface area contributed by atoms with Crippen LogP contribution >= 0.6 is 34.7 Å². The van der Waals surface area contributed by atoms with E-state index in [9.17, 15) is 9.90 Å². The summed E-state index contributed by atoms with van der Waals surface area (Å²) in [6.07, 6.45) is 1.07. The van der Waals surface area contributed by atoms with E-state index in [4.69, 9.17) is 11.6 Å². The Balaban J connectivity index is 1.84. The maximum atomic E-state index is 11.5. The first-order valence-corrected chi connectivity index (χ1v) is 10.1. The minimum absolute atomic E-state index is 0.0142. The van der Waals surface area contributed by atoms with E-state index in [-0.39, 0.29) is 5.69 Å². The van der Waals surface area contributed by atoms with E-state index in [2.05, 4.69) is 15.5 Å². The number of aromatic nitrogens is 2. The van der Waals surface area contributed by atoms with Crippen LogP contribution in [0.15, 0.2) is 30.3 Å². The summed E-state index contributed by atoms with van der Waals surface area (Å²) in [6.45, 7) is 0. The molecule has 1 atom stereocenters. The summed E-state index contributed by atoms with van der Waals surface area (Å²) in [6, 6.07) is 9.83. The largest absolute Gasteiger partial charge is 0.476 e. The number of anilines is 1. The Morgan fingerprint density at radius 3 is 2.92 bits per heavy atom. The lowest BCUT2D eigenvalue weighted by Crippen LogP contribution is -2.19. The number of fused-ring (bicyclic) bond motifs is 1. The molecule has 5 nitrogen and oxygen atoms in total. The van der Waals surface area contributed by atoms with Crippen molar-refractivity contribution >= 4 is 56.6 Å². The number of carbonyl (C=O) groups is 1. The van der Waals surface area contributed by atoms with Crippen molar-refractivity contribution in [3.63, 3.8) is 0 Å². The second-order valence-corrected chi connectivity index (χ2v) is 8.41. The lowest BCUT2D eigenvalue weighted by molar-refractivity contribution is 0.0692. The predicted molar refractivity (Wildman–Crippen MR) is 104 cm³/mol. The molecule has 1 aliphatic rings. The summed E-state index contributed by atoms with van der Waals surface area (Å²) in [7, 11) is 0. The van der Waals surface area contributed by atoms with Gasteiger partial charge in [0.05, 0.1) is 4.70 Å². The van der Waals surface area contributed by atoms with Gasteiger partial charge in [0.15, 0.2) is 11.5 Å². The zero-order valence-electron chi connectivity index (χ0n) is 13.0. The average Bonchev–Trinajstić information content (AvgIpc) is 3.24. The number of nitrogens with one attached hydrogen (secondary N) is 1. The molecule has 2 aromatic heterocycles. The number of hydrogen-bond donors (Lipinski definition) is 2. The van der Waals surface area contributed by atoms with Crippen molar-refractivity contribution in [1.29, 1.82) is 0 Å². The van der Waals surface area contributed by atoms with Crippen LogP contribution in [0.1, 0.15) is 16.9 Å². The lowest BCUT2D eigenvalue weighted by atomic mass is 10.1. The molecule has 0 amide bonds. The summed E-state index contributed by atoms with van der Waals surface area (Å²) in [5, 5.41) is 22.4. The Labute approximate surface area is 157 Å². The van der Waals surface area contributed by atoms with Gasteiger partial charge in [-0.3, -0.25) is 0 Å². The Hall–Kier alpha value is -1.83. The highest BCUT2D eigenvalue weighted by Crippen LogP contribution is 2.38. The third-order valence-corrected chi connectivity index (χ3v) is 6.62. The van der Waals surface area contributed by atoms with Crippen LogP contribution in [0.4, 0.5) is 5.82 Å². The topological polar surface area (TPSA) is 75.1 Å². The third kappa shape index (κ3) is 3.31. The van der Waals surface area contributed by atoms with Crippen LogP contribution in [-0.4, -0.2) is 38.8 Å². The molecule has 0 saturated carbocycles. The Kier molecular flexibility index (Phi) is 4.54. The average molecular weight is 392 g/mol. The van der Waals surface area contributed by atoms with Crippen molar-refractivity contribution in [1.82, 2.24) is 10.2 Å². The Bertz CT molecular complexity index is 954. The molecule has 3 aromatic rings. The molecular weight excluding hydrogens is 378 g/mol. The number of thiophene rings is 1. The van der Waals surface area contributed by atoms with Crippen molar-refractivity contribution < 1.29 is 9.90 Å². The summed E-state index contributed by atoms with van der Waals surface area (Å²) >= 11 is 9.39. The predicted octanol–water partition coefficient (Wildman–Crippen LogP) is 4.63. The van der Waals surface area contributed by atoms with E-state index >= 15 is 0 Å². The normalized spacial score (nSPS) is 17.1. The lowest BCUT2D eigenvalue weighted by Gasteiger charge is -2.12. The fraction of sp³-hybridized carbons (Fsp3) is 0.235. The van der Waals surface area contributed by atoms with Gasteiger partial charge in [0.2, 0.25) is 0 Å². The molecule has 0 bridgehead atoms. The van der Waals surface area contributed by atoms with Gasteiger partial charge in [-0.2, -0.15) is 11.8 Å². The van der Waals surface area contributed by atoms with Crippen LogP contribution in [-0.2, 0) is 0 Å². The van der Waals surface area contributed by atoms with Crippen LogP contribution in [0.3, 0.4) is 0 Å². The van der Waals surface area contributed by atoms with Crippen LogP contribution in [0.25, 0.3) is 20.5 Å². The monoisotopic (exact) mass is 391 g/mol. The molecule has 8 heteroatoms. The highest BCUT2D eigenvalue weighted by Gasteiger charge is 2.22. The van der Waals surface area contributed by atoms with Gasteiger partial charge in [-0.25, -0.2) is 4.79 Å². The first-order valence-electron chi connectivity index (χ1n) is 7.75. The number of rotatable bonds is 4. The van der Waals surface area contributed by atoms with Crippen molar-refractivity contribution in [3.05, 3.63) is 41.0 Å². The Morgan fingerprint density at radius 2 is 2.20 bits per heavy atom. The number of halogens is 1. The number of hydrogen-bond acceptors (Lipinski definition) is 6. The zero-order chi connectivity index (χ0) is 17.4. The number of aromatic carboxylic acids is 1. The number of carboxylic acids is 1. The highest BCUT2D eigenvalue weighted by atomic mass is 35.5. The van der Waals surface area contributed by atoms with Gasteiger partial charge in [-0.15, -0.1) is 21.5 Å². The maximum absolute atomic E-state index is 11.5. The van der Waals surface area contributed by atoms with Gasteiger partial charge < -0.3 is 10.4 Å². The van der Waals surface area contributed by atoms with Crippen molar-refractivity contribution in [3.8, 4) is 10.4 Å². The molecule has 4 rings (SSSR count). The smallest absolute Gasteiger partial charge is 0.357 e. The quantitative estimate of drug-likeness (QED) is 0.675. The third-order valence-electron chi connectivity index (χ3n) is 4.03. The van der Waals surface area contributed by atoms with E-state index in [0.717, 1.165) is 33.8 Å². The molecule has 1 fully saturated rings. The Morgan fingerprint density at radius 1 is 1.32 bits per heavy atom. The molecule has 1 unspecified atom stereocenters. The summed E-state index contributed by atoms with van der Waals surface area (Å²) < 4.78 is 0.630. The summed E-state index contributed by atoms with van der Waals surface area (Å²) in [5.74, 6) is 1.73. The van der Waals surface area contributed by atoms with Gasteiger partial charge in [0.25, 0.3) is 0 Å².